The zero-order valence-electron chi connectivity index (χ0n) is 15.6. The van der Waals surface area contributed by atoms with Crippen molar-refractivity contribution in [2.75, 3.05) is 11.9 Å². The van der Waals surface area contributed by atoms with Gasteiger partial charge >= 0.3 is 0 Å². The summed E-state index contributed by atoms with van der Waals surface area (Å²) in [7, 11) is 0. The number of nitrogens with one attached hydrogen (secondary N) is 2. The van der Waals surface area contributed by atoms with Crippen molar-refractivity contribution < 1.29 is 4.79 Å². The van der Waals surface area contributed by atoms with Crippen LogP contribution >= 0.6 is 11.8 Å². The first-order valence-electron chi connectivity index (χ1n) is 9.58. The van der Waals surface area contributed by atoms with Crippen LogP contribution in [0.5, 0.6) is 0 Å². The fourth-order valence-electron chi connectivity index (χ4n) is 3.28. The molecule has 0 radical (unpaired) electrons. The third-order valence-corrected chi connectivity index (χ3v) is 6.31. The van der Waals surface area contributed by atoms with Gasteiger partial charge in [0.15, 0.2) is 5.17 Å². The molecule has 1 heterocycles. The lowest BCUT2D eigenvalue weighted by Gasteiger charge is -2.19. The van der Waals surface area contributed by atoms with Gasteiger partial charge in [0.05, 0.1) is 12.3 Å². The highest BCUT2D eigenvalue weighted by atomic mass is 32.2. The summed E-state index contributed by atoms with van der Waals surface area (Å²) >= 11 is 1.81. The van der Waals surface area contributed by atoms with Crippen LogP contribution in [0.4, 0.5) is 5.69 Å². The van der Waals surface area contributed by atoms with Crippen molar-refractivity contribution in [3.05, 3.63) is 29.8 Å². The molecule has 2 aliphatic rings. The van der Waals surface area contributed by atoms with Crippen molar-refractivity contribution in [3.63, 3.8) is 0 Å². The maximum Gasteiger partial charge on any atom is 0.243 e. The molecule has 1 aromatic carbocycles. The highest BCUT2D eigenvalue weighted by Crippen LogP contribution is 2.25. The van der Waals surface area contributed by atoms with Gasteiger partial charge in [-0.15, -0.1) is 0 Å². The zero-order valence-corrected chi connectivity index (χ0v) is 16.4. The number of amides is 1. The molecule has 6 heteroatoms. The molecule has 26 heavy (non-hydrogen) atoms. The van der Waals surface area contributed by atoms with E-state index in [-0.39, 0.29) is 11.8 Å². The molecule has 1 saturated carbocycles. The van der Waals surface area contributed by atoms with E-state index in [0.29, 0.717) is 5.25 Å². The van der Waals surface area contributed by atoms with Gasteiger partial charge in [0.1, 0.15) is 0 Å². The summed E-state index contributed by atoms with van der Waals surface area (Å²) in [5.74, 6) is 0.188. The van der Waals surface area contributed by atoms with E-state index in [1.807, 2.05) is 43.0 Å². The minimum atomic E-state index is 0.0593. The number of hydrogen-bond donors (Lipinski definition) is 2. The maximum absolute atomic E-state index is 12.2. The number of carbonyl (C=O) groups is 1. The molecule has 0 saturated heterocycles. The third kappa shape index (κ3) is 5.10. The first-order chi connectivity index (χ1) is 12.7. The number of nitrogens with zero attached hydrogens (tertiary/aromatic N) is 2. The van der Waals surface area contributed by atoms with Crippen molar-refractivity contribution in [1.82, 2.24) is 5.43 Å². The predicted octanol–water partition coefficient (Wildman–Crippen LogP) is 4.40. The maximum atomic E-state index is 12.2. The Morgan fingerprint density at radius 2 is 1.96 bits per heavy atom. The molecule has 1 aliphatic heterocycles. The number of carbonyl (C=O) groups excluding carboxylic acids is 1. The molecule has 1 fully saturated rings. The molecule has 1 amide bonds. The Hall–Kier alpha value is -1.82. The topological polar surface area (TPSA) is 65.8 Å². The van der Waals surface area contributed by atoms with Gasteiger partial charge < -0.3 is 5.32 Å². The van der Waals surface area contributed by atoms with E-state index < -0.39 is 0 Å². The largest absolute Gasteiger partial charge is 0.335 e. The Morgan fingerprint density at radius 3 is 2.62 bits per heavy atom. The fraction of sp³-hybridized carbons (Fsp3) is 0.550. The molecule has 2 N–H and O–H groups in total. The monoisotopic (exact) mass is 372 g/mol. The van der Waals surface area contributed by atoms with Crippen LogP contribution in [-0.2, 0) is 4.79 Å². The van der Waals surface area contributed by atoms with Crippen LogP contribution in [-0.4, -0.2) is 28.6 Å². The van der Waals surface area contributed by atoms with Crippen LogP contribution in [0.25, 0.3) is 0 Å². The zero-order chi connectivity index (χ0) is 18.4. The minimum absolute atomic E-state index is 0.0593. The Balaban J connectivity index is 1.53. The van der Waals surface area contributed by atoms with Crippen LogP contribution in [0.3, 0.4) is 0 Å². The highest BCUT2D eigenvalue weighted by Gasteiger charge is 2.20. The number of amidine groups is 1. The van der Waals surface area contributed by atoms with Crippen molar-refractivity contribution in [3.8, 4) is 0 Å². The Kier molecular flexibility index (Phi) is 6.72. The van der Waals surface area contributed by atoms with Gasteiger partial charge in [-0.3, -0.25) is 9.79 Å². The second-order valence-corrected chi connectivity index (χ2v) is 8.29. The molecule has 5 nitrogen and oxygen atoms in total. The van der Waals surface area contributed by atoms with Gasteiger partial charge in [-0.05, 0) is 43.9 Å². The van der Waals surface area contributed by atoms with E-state index in [4.69, 9.17) is 0 Å². The smallest absolute Gasteiger partial charge is 0.243 e. The first-order valence-corrected chi connectivity index (χ1v) is 10.5. The van der Waals surface area contributed by atoms with Gasteiger partial charge in [0.25, 0.3) is 0 Å². The van der Waals surface area contributed by atoms with Crippen LogP contribution in [0, 0.1) is 5.92 Å². The normalized spacial score (nSPS) is 21.4. The van der Waals surface area contributed by atoms with Gasteiger partial charge in [0, 0.05) is 16.9 Å². The quantitative estimate of drug-likeness (QED) is 0.595. The van der Waals surface area contributed by atoms with Gasteiger partial charge in [0.2, 0.25) is 5.91 Å². The van der Waals surface area contributed by atoms with Gasteiger partial charge in [-0.1, -0.05) is 50.1 Å². The number of hydrazone groups is 1. The van der Waals surface area contributed by atoms with Gasteiger partial charge in [-0.2, -0.15) is 5.10 Å². The first kappa shape index (κ1) is 19.0. The van der Waals surface area contributed by atoms with Crippen LogP contribution in [0.1, 0.15) is 57.9 Å². The number of aliphatic imine (C=N–C) groups is 1. The molecule has 1 atom stereocenters. The number of hydrogen-bond acceptors (Lipinski definition) is 5. The Bertz CT molecular complexity index is 678. The van der Waals surface area contributed by atoms with E-state index in [2.05, 4.69) is 27.8 Å². The van der Waals surface area contributed by atoms with Crippen LogP contribution < -0.4 is 10.7 Å². The molecule has 140 valence electrons. The highest BCUT2D eigenvalue weighted by molar-refractivity contribution is 8.15. The number of thioether (sulfide) groups is 1. The molecule has 0 spiro atoms. The minimum Gasteiger partial charge on any atom is -0.335 e. The summed E-state index contributed by atoms with van der Waals surface area (Å²) in [6.45, 7) is 5.01. The van der Waals surface area contributed by atoms with E-state index in [1.54, 1.807) is 0 Å². The molecule has 0 bridgehead atoms. The van der Waals surface area contributed by atoms with E-state index >= 15 is 0 Å². The van der Waals surface area contributed by atoms with Crippen LogP contribution in [0.2, 0.25) is 0 Å². The van der Waals surface area contributed by atoms with Crippen LogP contribution in [0.15, 0.2) is 34.4 Å². The van der Waals surface area contributed by atoms with Gasteiger partial charge in [-0.25, -0.2) is 5.43 Å². The second kappa shape index (κ2) is 9.21. The third-order valence-electron chi connectivity index (χ3n) is 5.04. The fourth-order valence-corrected chi connectivity index (χ4v) is 4.23. The van der Waals surface area contributed by atoms with E-state index in [9.17, 15) is 4.79 Å². The SMILES string of the molecule is CC[C@@H]1CN=C(Nc2ccc(/C(C)=N\NC(=O)C3CCCCC3)cc2)S1. The predicted molar refractivity (Wildman–Crippen MR) is 111 cm³/mol. The number of rotatable bonds is 5. The molecular weight excluding hydrogens is 344 g/mol. The van der Waals surface area contributed by atoms with Crippen molar-refractivity contribution in [2.45, 2.75) is 57.6 Å². The molecular formula is C20H28N4OS. The van der Waals surface area contributed by atoms with Crippen molar-refractivity contribution >= 4 is 34.2 Å². The summed E-state index contributed by atoms with van der Waals surface area (Å²) in [6, 6.07) is 8.09. The lowest BCUT2D eigenvalue weighted by atomic mass is 9.89. The molecule has 3 rings (SSSR count). The lowest BCUT2D eigenvalue weighted by molar-refractivity contribution is -0.125. The Morgan fingerprint density at radius 1 is 1.23 bits per heavy atom. The van der Waals surface area contributed by atoms with E-state index in [0.717, 1.165) is 60.8 Å². The summed E-state index contributed by atoms with van der Waals surface area (Å²) in [5.41, 5.74) is 5.60. The summed E-state index contributed by atoms with van der Waals surface area (Å²) in [4.78, 5) is 16.7. The molecule has 1 aromatic rings. The standard InChI is InChI=1S/C20H28N4OS/c1-3-18-13-21-20(26-18)22-17-11-9-15(10-12-17)14(2)23-24-19(25)16-7-5-4-6-8-16/h9-12,16,18H,3-8,13H2,1-2H3,(H,21,22)(H,24,25)/b23-14-/t18-/m1/s1. The molecule has 0 unspecified atom stereocenters. The van der Waals surface area contributed by atoms with Crippen molar-refractivity contribution in [2.24, 2.45) is 16.0 Å². The molecule has 0 aromatic heterocycles. The number of benzene rings is 1. The lowest BCUT2D eigenvalue weighted by Crippen LogP contribution is -2.29. The van der Waals surface area contributed by atoms with Crippen molar-refractivity contribution in [1.29, 1.82) is 0 Å². The summed E-state index contributed by atoms with van der Waals surface area (Å²) in [6.07, 6.45) is 6.66. The van der Waals surface area contributed by atoms with E-state index in [1.165, 1.54) is 6.42 Å². The second-order valence-electron chi connectivity index (χ2n) is 7.00. The average molecular weight is 373 g/mol. The summed E-state index contributed by atoms with van der Waals surface area (Å²) < 4.78 is 0. The number of anilines is 1. The Labute approximate surface area is 160 Å². The summed E-state index contributed by atoms with van der Waals surface area (Å²) in [5, 5.41) is 9.25. The molecule has 1 aliphatic carbocycles. The average Bonchev–Trinajstić information content (AvgIpc) is 3.14.